The number of pyridine rings is 1. The standard InChI is InChI=1S/C14H20N2O2/c1-10-7-13(17)12(9-15-10)14(18)16-8-11-5-3-2-4-6-11/h7,9,11H,2-6,8H2,1H3,(H,15,17)(H,16,18). The Balaban J connectivity index is 1.93. The summed E-state index contributed by atoms with van der Waals surface area (Å²) in [4.78, 5) is 26.4. The normalized spacial score (nSPS) is 16.5. The van der Waals surface area contributed by atoms with Crippen LogP contribution in [0.3, 0.4) is 0 Å². The second-order valence-corrected chi connectivity index (χ2v) is 5.11. The molecule has 0 aliphatic heterocycles. The summed E-state index contributed by atoms with van der Waals surface area (Å²) in [6.07, 6.45) is 7.68. The second-order valence-electron chi connectivity index (χ2n) is 5.11. The van der Waals surface area contributed by atoms with Crippen LogP contribution in [-0.4, -0.2) is 17.4 Å². The van der Waals surface area contributed by atoms with Gasteiger partial charge in [-0.05, 0) is 25.7 Å². The highest BCUT2D eigenvalue weighted by Gasteiger charge is 2.16. The monoisotopic (exact) mass is 248 g/mol. The molecule has 1 aliphatic carbocycles. The SMILES string of the molecule is Cc1cc(=O)c(C(=O)NCC2CCCCC2)c[nH]1. The third kappa shape index (κ3) is 3.22. The van der Waals surface area contributed by atoms with E-state index in [-0.39, 0.29) is 16.9 Å². The molecule has 0 bridgehead atoms. The number of aromatic amines is 1. The first-order chi connectivity index (χ1) is 8.66. The van der Waals surface area contributed by atoms with Crippen molar-refractivity contribution in [1.82, 2.24) is 10.3 Å². The van der Waals surface area contributed by atoms with E-state index in [0.717, 1.165) is 5.69 Å². The summed E-state index contributed by atoms with van der Waals surface area (Å²) in [5, 5.41) is 2.87. The van der Waals surface area contributed by atoms with Gasteiger partial charge in [0.25, 0.3) is 5.91 Å². The number of hydrogen-bond donors (Lipinski definition) is 2. The van der Waals surface area contributed by atoms with Crippen LogP contribution in [0.1, 0.15) is 48.2 Å². The van der Waals surface area contributed by atoms with Gasteiger partial charge in [-0.3, -0.25) is 9.59 Å². The van der Waals surface area contributed by atoms with Crippen molar-refractivity contribution in [3.63, 3.8) is 0 Å². The smallest absolute Gasteiger partial charge is 0.256 e. The Hall–Kier alpha value is -1.58. The lowest BCUT2D eigenvalue weighted by Crippen LogP contribution is -2.33. The molecule has 4 heteroatoms. The number of nitrogens with one attached hydrogen (secondary N) is 2. The molecule has 98 valence electrons. The van der Waals surface area contributed by atoms with E-state index in [0.29, 0.717) is 12.5 Å². The van der Waals surface area contributed by atoms with Crippen molar-refractivity contribution in [2.45, 2.75) is 39.0 Å². The summed E-state index contributed by atoms with van der Waals surface area (Å²) in [6, 6.07) is 1.45. The van der Waals surface area contributed by atoms with E-state index >= 15 is 0 Å². The molecular formula is C14H20N2O2. The Kier molecular flexibility index (Phi) is 4.18. The summed E-state index contributed by atoms with van der Waals surface area (Å²) >= 11 is 0. The molecule has 1 amide bonds. The Morgan fingerprint density at radius 2 is 2.11 bits per heavy atom. The molecule has 1 aliphatic rings. The Labute approximate surface area is 107 Å². The fourth-order valence-electron chi connectivity index (χ4n) is 2.47. The van der Waals surface area contributed by atoms with Crippen molar-refractivity contribution < 1.29 is 4.79 Å². The molecule has 0 atom stereocenters. The molecule has 18 heavy (non-hydrogen) atoms. The molecular weight excluding hydrogens is 228 g/mol. The van der Waals surface area contributed by atoms with Crippen LogP contribution < -0.4 is 10.7 Å². The summed E-state index contributed by atoms with van der Waals surface area (Å²) < 4.78 is 0. The largest absolute Gasteiger partial charge is 0.364 e. The van der Waals surface area contributed by atoms with E-state index in [1.54, 1.807) is 6.92 Å². The van der Waals surface area contributed by atoms with Gasteiger partial charge in [-0.15, -0.1) is 0 Å². The highest BCUT2D eigenvalue weighted by Crippen LogP contribution is 2.22. The van der Waals surface area contributed by atoms with Crippen molar-refractivity contribution in [3.8, 4) is 0 Å². The van der Waals surface area contributed by atoms with E-state index in [2.05, 4.69) is 10.3 Å². The minimum absolute atomic E-state index is 0.205. The molecule has 0 spiro atoms. The van der Waals surface area contributed by atoms with Crippen LogP contribution in [0, 0.1) is 12.8 Å². The third-order valence-electron chi connectivity index (χ3n) is 3.58. The average molecular weight is 248 g/mol. The molecule has 1 fully saturated rings. The fraction of sp³-hybridized carbons (Fsp3) is 0.571. The van der Waals surface area contributed by atoms with E-state index in [1.165, 1.54) is 44.4 Å². The molecule has 0 aromatic carbocycles. The maximum absolute atomic E-state index is 11.9. The molecule has 0 radical (unpaired) electrons. The van der Waals surface area contributed by atoms with E-state index < -0.39 is 0 Å². The number of aromatic nitrogens is 1. The van der Waals surface area contributed by atoms with Crippen LogP contribution in [0.5, 0.6) is 0 Å². The highest BCUT2D eigenvalue weighted by molar-refractivity contribution is 5.93. The Bertz CT molecular complexity index is 473. The Morgan fingerprint density at radius 3 is 2.78 bits per heavy atom. The first-order valence-corrected chi connectivity index (χ1v) is 6.64. The first-order valence-electron chi connectivity index (χ1n) is 6.64. The predicted octanol–water partition coefficient (Wildman–Crippen LogP) is 1.99. The number of rotatable bonds is 3. The van der Waals surface area contributed by atoms with Crippen molar-refractivity contribution in [2.24, 2.45) is 5.92 Å². The zero-order valence-corrected chi connectivity index (χ0v) is 10.8. The average Bonchev–Trinajstić information content (AvgIpc) is 2.37. The van der Waals surface area contributed by atoms with Gasteiger partial charge in [0, 0.05) is 24.5 Å². The lowest BCUT2D eigenvalue weighted by molar-refractivity contribution is 0.0942. The van der Waals surface area contributed by atoms with Crippen LogP contribution in [0.25, 0.3) is 0 Å². The summed E-state index contributed by atoms with van der Waals surface area (Å²) in [5.41, 5.74) is 0.757. The van der Waals surface area contributed by atoms with Gasteiger partial charge >= 0.3 is 0 Å². The van der Waals surface area contributed by atoms with Gasteiger partial charge in [0.2, 0.25) is 0 Å². The second kappa shape index (κ2) is 5.85. The van der Waals surface area contributed by atoms with E-state index in [9.17, 15) is 9.59 Å². The van der Waals surface area contributed by atoms with E-state index in [4.69, 9.17) is 0 Å². The first kappa shape index (κ1) is 12.9. The minimum Gasteiger partial charge on any atom is -0.364 e. The molecule has 0 unspecified atom stereocenters. The number of hydrogen-bond acceptors (Lipinski definition) is 2. The Morgan fingerprint density at radius 1 is 1.39 bits per heavy atom. The van der Waals surface area contributed by atoms with Crippen LogP contribution in [-0.2, 0) is 0 Å². The molecule has 1 aromatic heterocycles. The maximum Gasteiger partial charge on any atom is 0.256 e. The molecule has 2 rings (SSSR count). The number of H-pyrrole nitrogens is 1. The maximum atomic E-state index is 11.9. The summed E-state index contributed by atoms with van der Waals surface area (Å²) in [6.45, 7) is 2.48. The molecule has 1 aromatic rings. The van der Waals surface area contributed by atoms with Crippen molar-refractivity contribution in [1.29, 1.82) is 0 Å². The lowest BCUT2D eigenvalue weighted by atomic mass is 9.89. The topological polar surface area (TPSA) is 62.0 Å². The number of carbonyl (C=O) groups is 1. The number of carbonyl (C=O) groups excluding carboxylic acids is 1. The minimum atomic E-state index is -0.262. The van der Waals surface area contributed by atoms with E-state index in [1.807, 2.05) is 0 Å². The van der Waals surface area contributed by atoms with Gasteiger partial charge in [0.1, 0.15) is 5.56 Å². The zero-order chi connectivity index (χ0) is 13.0. The van der Waals surface area contributed by atoms with Gasteiger partial charge in [0.05, 0.1) is 0 Å². The third-order valence-corrected chi connectivity index (χ3v) is 3.58. The van der Waals surface area contributed by atoms with Crippen LogP contribution in [0.4, 0.5) is 0 Å². The van der Waals surface area contributed by atoms with Gasteiger partial charge in [-0.1, -0.05) is 19.3 Å². The number of amides is 1. The predicted molar refractivity (Wildman–Crippen MR) is 70.7 cm³/mol. The van der Waals surface area contributed by atoms with Crippen molar-refractivity contribution in [3.05, 3.63) is 33.7 Å². The van der Waals surface area contributed by atoms with Crippen LogP contribution in [0.2, 0.25) is 0 Å². The van der Waals surface area contributed by atoms with Crippen LogP contribution in [0.15, 0.2) is 17.1 Å². The molecule has 2 N–H and O–H groups in total. The zero-order valence-electron chi connectivity index (χ0n) is 10.8. The summed E-state index contributed by atoms with van der Waals surface area (Å²) in [5.74, 6) is 0.314. The molecule has 1 heterocycles. The van der Waals surface area contributed by atoms with Gasteiger partial charge < -0.3 is 10.3 Å². The fourth-order valence-corrected chi connectivity index (χ4v) is 2.47. The molecule has 4 nitrogen and oxygen atoms in total. The summed E-state index contributed by atoms with van der Waals surface area (Å²) in [7, 11) is 0. The quantitative estimate of drug-likeness (QED) is 0.859. The molecule has 1 saturated carbocycles. The number of aryl methyl sites for hydroxylation is 1. The van der Waals surface area contributed by atoms with Gasteiger partial charge in [-0.2, -0.15) is 0 Å². The van der Waals surface area contributed by atoms with Gasteiger partial charge in [-0.25, -0.2) is 0 Å². The van der Waals surface area contributed by atoms with Crippen molar-refractivity contribution >= 4 is 5.91 Å². The van der Waals surface area contributed by atoms with Gasteiger partial charge in [0.15, 0.2) is 5.43 Å². The lowest BCUT2D eigenvalue weighted by Gasteiger charge is -2.21. The van der Waals surface area contributed by atoms with Crippen molar-refractivity contribution in [2.75, 3.05) is 6.54 Å². The highest BCUT2D eigenvalue weighted by atomic mass is 16.2. The van der Waals surface area contributed by atoms with Crippen LogP contribution >= 0.6 is 0 Å². The molecule has 0 saturated heterocycles.